The Morgan fingerprint density at radius 3 is 2.75 bits per heavy atom. The highest BCUT2D eigenvalue weighted by molar-refractivity contribution is 5.73. The molecule has 1 heterocycles. The molecule has 0 bridgehead atoms. The van der Waals surface area contributed by atoms with E-state index in [0.29, 0.717) is 6.42 Å². The summed E-state index contributed by atoms with van der Waals surface area (Å²) >= 11 is 0. The van der Waals surface area contributed by atoms with Crippen LogP contribution in [0.2, 0.25) is 0 Å². The number of carboxylic acids is 1. The normalized spacial score (nSPS) is 21.9. The van der Waals surface area contributed by atoms with Crippen molar-refractivity contribution in [3.63, 3.8) is 0 Å². The van der Waals surface area contributed by atoms with Crippen molar-refractivity contribution in [3.05, 3.63) is 29.8 Å². The van der Waals surface area contributed by atoms with Gasteiger partial charge in [-0.25, -0.2) is 0 Å². The molecule has 2 atom stereocenters. The molecule has 1 aliphatic heterocycles. The third-order valence-corrected chi connectivity index (χ3v) is 4.00. The Kier molecular flexibility index (Phi) is 4.04. The minimum Gasteiger partial charge on any atom is -0.487 e. The number of nitrogens with zero attached hydrogens (tertiary/aromatic N) is 1. The quantitative estimate of drug-likeness (QED) is 0.919. The van der Waals surface area contributed by atoms with Crippen LogP contribution in [0, 0.1) is 0 Å². The Labute approximate surface area is 120 Å². The van der Waals surface area contributed by atoms with E-state index >= 15 is 0 Å². The number of hydrogen-bond donors (Lipinski definition) is 1. The van der Waals surface area contributed by atoms with Crippen LogP contribution >= 0.6 is 0 Å². The second-order valence-corrected chi connectivity index (χ2v) is 6.05. The first-order valence-corrected chi connectivity index (χ1v) is 7.08. The van der Waals surface area contributed by atoms with Gasteiger partial charge in [-0.05, 0) is 33.4 Å². The van der Waals surface area contributed by atoms with Crippen LogP contribution in [0.1, 0.15) is 45.2 Å². The predicted octanol–water partition coefficient (Wildman–Crippen LogP) is 3.08. The van der Waals surface area contributed by atoms with E-state index in [1.807, 2.05) is 57.0 Å². The number of hydrogen-bond acceptors (Lipinski definition) is 3. The summed E-state index contributed by atoms with van der Waals surface area (Å²) in [5.74, 6) is 0.0950. The average Bonchev–Trinajstić information content (AvgIpc) is 2.36. The van der Waals surface area contributed by atoms with Crippen LogP contribution in [0.25, 0.3) is 0 Å². The second-order valence-electron chi connectivity index (χ2n) is 6.05. The van der Waals surface area contributed by atoms with Crippen molar-refractivity contribution in [1.82, 2.24) is 4.90 Å². The number of carboxylic acid groups (broad SMARTS) is 1. The highest BCUT2D eigenvalue weighted by Crippen LogP contribution is 2.42. The van der Waals surface area contributed by atoms with Gasteiger partial charge in [0.1, 0.15) is 17.4 Å². The Balaban J connectivity index is 2.38. The Bertz CT molecular complexity index is 498. The average molecular weight is 277 g/mol. The maximum atomic E-state index is 11.4. The standard InChI is InChI=1S/C16H23NO3/c1-5-12(15(18)19)17(4)13-10-16(2,3)20-14-9-7-6-8-11(13)14/h6-9,12-13H,5,10H2,1-4H3,(H,18,19). The molecule has 0 spiro atoms. The summed E-state index contributed by atoms with van der Waals surface area (Å²) in [6.45, 7) is 6.00. The van der Waals surface area contributed by atoms with Gasteiger partial charge in [-0.2, -0.15) is 0 Å². The molecule has 0 radical (unpaired) electrons. The van der Waals surface area contributed by atoms with Gasteiger partial charge in [0.05, 0.1) is 0 Å². The van der Waals surface area contributed by atoms with Crippen molar-refractivity contribution < 1.29 is 14.6 Å². The fourth-order valence-corrected chi connectivity index (χ4v) is 2.98. The van der Waals surface area contributed by atoms with Crippen LogP contribution < -0.4 is 4.74 Å². The van der Waals surface area contributed by atoms with Gasteiger partial charge >= 0.3 is 5.97 Å². The molecule has 1 aromatic carbocycles. The van der Waals surface area contributed by atoms with Crippen LogP contribution in [0.5, 0.6) is 5.75 Å². The van der Waals surface area contributed by atoms with Gasteiger partial charge in [0.2, 0.25) is 0 Å². The number of aliphatic carboxylic acids is 1. The first-order valence-electron chi connectivity index (χ1n) is 7.08. The fourth-order valence-electron chi connectivity index (χ4n) is 2.98. The van der Waals surface area contributed by atoms with Crippen molar-refractivity contribution in [2.45, 2.75) is 51.3 Å². The first kappa shape index (κ1) is 14.9. The molecule has 0 amide bonds. The molecule has 1 aliphatic rings. The summed E-state index contributed by atoms with van der Waals surface area (Å²) in [5, 5.41) is 9.38. The zero-order valence-electron chi connectivity index (χ0n) is 12.6. The maximum Gasteiger partial charge on any atom is 0.320 e. The zero-order valence-corrected chi connectivity index (χ0v) is 12.6. The predicted molar refractivity (Wildman–Crippen MR) is 78.0 cm³/mol. The number of carbonyl (C=O) groups is 1. The molecule has 4 heteroatoms. The number of para-hydroxylation sites is 1. The molecule has 110 valence electrons. The van der Waals surface area contributed by atoms with E-state index in [-0.39, 0.29) is 11.6 Å². The van der Waals surface area contributed by atoms with E-state index in [2.05, 4.69) is 0 Å². The molecule has 0 saturated carbocycles. The van der Waals surface area contributed by atoms with Crippen molar-refractivity contribution in [2.24, 2.45) is 0 Å². The molecule has 1 aromatic rings. The first-order chi connectivity index (χ1) is 9.35. The Morgan fingerprint density at radius 1 is 1.50 bits per heavy atom. The van der Waals surface area contributed by atoms with E-state index in [1.165, 1.54) is 0 Å². The minimum atomic E-state index is -0.767. The van der Waals surface area contributed by atoms with Crippen molar-refractivity contribution in [1.29, 1.82) is 0 Å². The molecule has 0 aromatic heterocycles. The fraction of sp³-hybridized carbons (Fsp3) is 0.562. The van der Waals surface area contributed by atoms with Crippen LogP contribution in [0.15, 0.2) is 24.3 Å². The Hall–Kier alpha value is -1.55. The van der Waals surface area contributed by atoms with E-state index in [4.69, 9.17) is 4.74 Å². The van der Waals surface area contributed by atoms with Crippen molar-refractivity contribution in [3.8, 4) is 5.75 Å². The zero-order chi connectivity index (χ0) is 14.9. The largest absolute Gasteiger partial charge is 0.487 e. The number of benzene rings is 1. The van der Waals surface area contributed by atoms with Crippen LogP contribution in [-0.4, -0.2) is 34.7 Å². The minimum absolute atomic E-state index is 0.0657. The molecule has 0 saturated heterocycles. The number of fused-ring (bicyclic) bond motifs is 1. The smallest absolute Gasteiger partial charge is 0.320 e. The lowest BCUT2D eigenvalue weighted by Crippen LogP contribution is -2.46. The summed E-state index contributed by atoms with van der Waals surface area (Å²) in [5.41, 5.74) is 0.790. The summed E-state index contributed by atoms with van der Waals surface area (Å²) in [4.78, 5) is 13.4. The molecule has 2 unspecified atom stereocenters. The molecule has 20 heavy (non-hydrogen) atoms. The monoisotopic (exact) mass is 277 g/mol. The van der Waals surface area contributed by atoms with E-state index in [9.17, 15) is 9.90 Å². The van der Waals surface area contributed by atoms with Crippen molar-refractivity contribution in [2.75, 3.05) is 7.05 Å². The lowest BCUT2D eigenvalue weighted by Gasteiger charge is -2.42. The van der Waals surface area contributed by atoms with Gasteiger partial charge in [-0.3, -0.25) is 9.69 Å². The topological polar surface area (TPSA) is 49.8 Å². The van der Waals surface area contributed by atoms with Gasteiger partial charge < -0.3 is 9.84 Å². The van der Waals surface area contributed by atoms with Gasteiger partial charge in [-0.1, -0.05) is 25.1 Å². The van der Waals surface area contributed by atoms with Crippen LogP contribution in [0.3, 0.4) is 0 Å². The third kappa shape index (κ3) is 2.80. The second kappa shape index (κ2) is 5.44. The van der Waals surface area contributed by atoms with Crippen LogP contribution in [0.4, 0.5) is 0 Å². The number of likely N-dealkylation sites (N-methyl/N-ethyl adjacent to an activating group) is 1. The molecule has 4 nitrogen and oxygen atoms in total. The summed E-state index contributed by atoms with van der Waals surface area (Å²) < 4.78 is 6.00. The highest BCUT2D eigenvalue weighted by Gasteiger charge is 2.38. The van der Waals surface area contributed by atoms with Crippen molar-refractivity contribution >= 4 is 5.97 Å². The molecule has 0 aliphatic carbocycles. The lowest BCUT2D eigenvalue weighted by atomic mass is 9.88. The summed E-state index contributed by atoms with van der Waals surface area (Å²) in [6, 6.07) is 7.51. The highest BCUT2D eigenvalue weighted by atomic mass is 16.5. The number of rotatable bonds is 4. The Morgan fingerprint density at radius 2 is 2.15 bits per heavy atom. The SMILES string of the molecule is CCC(C(=O)O)N(C)C1CC(C)(C)Oc2ccccc21. The van der Waals surface area contributed by atoms with E-state index < -0.39 is 12.0 Å². The maximum absolute atomic E-state index is 11.4. The molecule has 2 rings (SSSR count). The molecule has 1 N–H and O–H groups in total. The van der Waals surface area contributed by atoms with Gasteiger partial charge in [-0.15, -0.1) is 0 Å². The summed E-state index contributed by atoms with van der Waals surface area (Å²) in [6.07, 6.45) is 1.37. The van der Waals surface area contributed by atoms with Gasteiger partial charge in [0, 0.05) is 18.0 Å². The van der Waals surface area contributed by atoms with E-state index in [0.717, 1.165) is 17.7 Å². The summed E-state index contributed by atoms with van der Waals surface area (Å²) in [7, 11) is 1.89. The van der Waals surface area contributed by atoms with Gasteiger partial charge in [0.25, 0.3) is 0 Å². The molecular formula is C16H23NO3. The lowest BCUT2D eigenvalue weighted by molar-refractivity contribution is -0.144. The van der Waals surface area contributed by atoms with E-state index in [1.54, 1.807) is 0 Å². The number of ether oxygens (including phenoxy) is 1. The molecule has 0 fully saturated rings. The molecular weight excluding hydrogens is 254 g/mol. The van der Waals surface area contributed by atoms with Gasteiger partial charge in [0.15, 0.2) is 0 Å². The third-order valence-electron chi connectivity index (χ3n) is 4.00. The van der Waals surface area contributed by atoms with Crippen LogP contribution in [-0.2, 0) is 4.79 Å².